The van der Waals surface area contributed by atoms with Crippen LogP contribution in [0.3, 0.4) is 0 Å². The van der Waals surface area contributed by atoms with Crippen molar-refractivity contribution in [2.75, 3.05) is 18.6 Å². The Morgan fingerprint density at radius 3 is 2.47 bits per heavy atom. The predicted molar refractivity (Wildman–Crippen MR) is 72.0 cm³/mol. The summed E-state index contributed by atoms with van der Waals surface area (Å²) < 4.78 is 10.0. The van der Waals surface area contributed by atoms with Gasteiger partial charge in [0.25, 0.3) is 0 Å². The van der Waals surface area contributed by atoms with Gasteiger partial charge in [-0.05, 0) is 13.0 Å². The molecule has 0 fully saturated rings. The van der Waals surface area contributed by atoms with E-state index in [4.69, 9.17) is 9.47 Å². The minimum atomic E-state index is -0.434. The van der Waals surface area contributed by atoms with Gasteiger partial charge in [-0.3, -0.25) is 9.69 Å². The van der Waals surface area contributed by atoms with E-state index in [1.54, 1.807) is 27.0 Å². The molecule has 19 heavy (non-hydrogen) atoms. The molecule has 5 nitrogen and oxygen atoms in total. The Morgan fingerprint density at radius 2 is 1.84 bits per heavy atom. The minimum absolute atomic E-state index is 0.145. The van der Waals surface area contributed by atoms with Crippen LogP contribution in [0.1, 0.15) is 25.8 Å². The Morgan fingerprint density at radius 1 is 1.16 bits per heavy atom. The highest BCUT2D eigenvalue weighted by Gasteiger charge is 2.15. The fourth-order valence-electron chi connectivity index (χ4n) is 1.54. The van der Waals surface area contributed by atoms with E-state index in [-0.39, 0.29) is 12.6 Å². The van der Waals surface area contributed by atoms with Gasteiger partial charge in [0.05, 0.1) is 12.3 Å². The molecule has 104 valence electrons. The Balaban J connectivity index is 2.83. The van der Waals surface area contributed by atoms with E-state index in [0.717, 1.165) is 5.56 Å². The van der Waals surface area contributed by atoms with Crippen LogP contribution < -0.4 is 4.90 Å². The lowest BCUT2D eigenvalue weighted by Gasteiger charge is -2.19. The highest BCUT2D eigenvalue weighted by Crippen LogP contribution is 2.20. The summed E-state index contributed by atoms with van der Waals surface area (Å²) in [6.07, 6.45) is -0.104. The molecule has 0 N–H and O–H groups in total. The summed E-state index contributed by atoms with van der Waals surface area (Å²) >= 11 is 0. The molecule has 0 unspecified atom stereocenters. The van der Waals surface area contributed by atoms with Gasteiger partial charge in [0.2, 0.25) is 0 Å². The first-order valence-corrected chi connectivity index (χ1v) is 6.24. The molecule has 1 aromatic carbocycles. The van der Waals surface area contributed by atoms with E-state index in [1.807, 2.05) is 18.2 Å². The second-order valence-electron chi connectivity index (χ2n) is 3.90. The first-order valence-electron chi connectivity index (χ1n) is 6.24. The second-order valence-corrected chi connectivity index (χ2v) is 3.90. The SMILES string of the molecule is CCOC(=O)N(C)c1ccccc1COC(=O)CC. The minimum Gasteiger partial charge on any atom is -0.461 e. The topological polar surface area (TPSA) is 55.8 Å². The molecular weight excluding hydrogens is 246 g/mol. The number of esters is 1. The molecule has 0 aliphatic heterocycles. The van der Waals surface area contributed by atoms with E-state index in [1.165, 1.54) is 4.90 Å². The van der Waals surface area contributed by atoms with Gasteiger partial charge in [0.15, 0.2) is 0 Å². The molecule has 0 heterocycles. The van der Waals surface area contributed by atoms with Crippen LogP contribution >= 0.6 is 0 Å². The maximum atomic E-state index is 11.7. The summed E-state index contributed by atoms with van der Waals surface area (Å²) in [6.45, 7) is 3.95. The Labute approximate surface area is 113 Å². The lowest BCUT2D eigenvalue weighted by molar-refractivity contribution is -0.144. The summed E-state index contributed by atoms with van der Waals surface area (Å²) in [5, 5.41) is 0. The van der Waals surface area contributed by atoms with Crippen LogP contribution in [0.5, 0.6) is 0 Å². The molecule has 0 aliphatic carbocycles. The van der Waals surface area contributed by atoms with E-state index >= 15 is 0 Å². The quantitative estimate of drug-likeness (QED) is 0.768. The van der Waals surface area contributed by atoms with Gasteiger partial charge >= 0.3 is 12.1 Å². The lowest BCUT2D eigenvalue weighted by atomic mass is 10.2. The van der Waals surface area contributed by atoms with Gasteiger partial charge < -0.3 is 9.47 Å². The molecule has 0 spiro atoms. The standard InChI is InChI=1S/C14H19NO4/c1-4-13(16)19-10-11-8-6-7-9-12(11)15(3)14(17)18-5-2/h6-9H,4-5,10H2,1-3H3. The molecule has 5 heteroatoms. The molecule has 0 radical (unpaired) electrons. The summed E-state index contributed by atoms with van der Waals surface area (Å²) in [7, 11) is 1.62. The van der Waals surface area contributed by atoms with Gasteiger partial charge in [-0.1, -0.05) is 25.1 Å². The molecule has 0 aromatic heterocycles. The number of para-hydroxylation sites is 1. The highest BCUT2D eigenvalue weighted by atomic mass is 16.6. The molecule has 0 aliphatic rings. The van der Waals surface area contributed by atoms with Crippen LogP contribution in [-0.2, 0) is 20.9 Å². The third kappa shape index (κ3) is 4.28. The van der Waals surface area contributed by atoms with E-state index in [2.05, 4.69) is 0 Å². The van der Waals surface area contributed by atoms with Crippen molar-refractivity contribution in [2.45, 2.75) is 26.9 Å². The van der Waals surface area contributed by atoms with Crippen LogP contribution in [-0.4, -0.2) is 25.7 Å². The molecule has 0 bridgehead atoms. The number of ether oxygens (including phenoxy) is 2. The predicted octanol–water partition coefficient (Wildman–Crippen LogP) is 2.73. The number of rotatable bonds is 5. The largest absolute Gasteiger partial charge is 0.461 e. The van der Waals surface area contributed by atoms with Crippen molar-refractivity contribution in [3.63, 3.8) is 0 Å². The van der Waals surface area contributed by atoms with E-state index in [0.29, 0.717) is 18.7 Å². The molecule has 0 atom stereocenters. The van der Waals surface area contributed by atoms with Crippen LogP contribution in [0.25, 0.3) is 0 Å². The zero-order valence-corrected chi connectivity index (χ0v) is 11.5. The van der Waals surface area contributed by atoms with Crippen molar-refractivity contribution in [1.82, 2.24) is 0 Å². The normalized spacial score (nSPS) is 9.84. The van der Waals surface area contributed by atoms with Crippen molar-refractivity contribution in [2.24, 2.45) is 0 Å². The average Bonchev–Trinajstić information content (AvgIpc) is 2.44. The second kappa shape index (κ2) is 7.41. The number of anilines is 1. The Hall–Kier alpha value is -2.04. The van der Waals surface area contributed by atoms with Crippen molar-refractivity contribution in [3.8, 4) is 0 Å². The molecule has 0 saturated carbocycles. The van der Waals surface area contributed by atoms with Crippen molar-refractivity contribution >= 4 is 17.7 Å². The molecule has 1 aromatic rings. The third-order valence-electron chi connectivity index (χ3n) is 2.57. The maximum Gasteiger partial charge on any atom is 0.414 e. The van der Waals surface area contributed by atoms with Crippen LogP contribution in [0.4, 0.5) is 10.5 Å². The van der Waals surface area contributed by atoms with Crippen molar-refractivity contribution < 1.29 is 19.1 Å². The number of amides is 1. The molecular formula is C14H19NO4. The van der Waals surface area contributed by atoms with Crippen LogP contribution in [0.2, 0.25) is 0 Å². The smallest absolute Gasteiger partial charge is 0.414 e. The van der Waals surface area contributed by atoms with Gasteiger partial charge in [0, 0.05) is 19.0 Å². The number of carbonyl (C=O) groups excluding carboxylic acids is 2. The van der Waals surface area contributed by atoms with E-state index < -0.39 is 6.09 Å². The van der Waals surface area contributed by atoms with Crippen molar-refractivity contribution in [3.05, 3.63) is 29.8 Å². The summed E-state index contributed by atoms with van der Waals surface area (Å²) in [5.41, 5.74) is 1.43. The summed E-state index contributed by atoms with van der Waals surface area (Å²) in [4.78, 5) is 24.3. The van der Waals surface area contributed by atoms with Gasteiger partial charge in [-0.15, -0.1) is 0 Å². The molecule has 0 saturated heterocycles. The average molecular weight is 265 g/mol. The Bertz CT molecular complexity index is 445. The number of hydrogen-bond acceptors (Lipinski definition) is 4. The number of benzene rings is 1. The molecule has 1 rings (SSSR count). The van der Waals surface area contributed by atoms with Crippen LogP contribution in [0.15, 0.2) is 24.3 Å². The number of carbonyl (C=O) groups is 2. The Kier molecular flexibility index (Phi) is 5.85. The fourth-order valence-corrected chi connectivity index (χ4v) is 1.54. The third-order valence-corrected chi connectivity index (χ3v) is 2.57. The van der Waals surface area contributed by atoms with Gasteiger partial charge in [0.1, 0.15) is 6.61 Å². The van der Waals surface area contributed by atoms with E-state index in [9.17, 15) is 9.59 Å². The van der Waals surface area contributed by atoms with Gasteiger partial charge in [-0.25, -0.2) is 4.79 Å². The fraction of sp³-hybridized carbons (Fsp3) is 0.429. The molecule has 1 amide bonds. The van der Waals surface area contributed by atoms with Gasteiger partial charge in [-0.2, -0.15) is 0 Å². The highest BCUT2D eigenvalue weighted by molar-refractivity contribution is 5.88. The first-order chi connectivity index (χ1) is 9.10. The number of hydrogen-bond donors (Lipinski definition) is 0. The van der Waals surface area contributed by atoms with Crippen molar-refractivity contribution in [1.29, 1.82) is 0 Å². The zero-order chi connectivity index (χ0) is 14.3. The first kappa shape index (κ1) is 15.0. The number of nitrogens with zero attached hydrogens (tertiary/aromatic N) is 1. The zero-order valence-electron chi connectivity index (χ0n) is 11.5. The monoisotopic (exact) mass is 265 g/mol. The lowest BCUT2D eigenvalue weighted by Crippen LogP contribution is -2.28. The maximum absolute atomic E-state index is 11.7. The summed E-state index contributed by atoms with van der Waals surface area (Å²) in [6, 6.07) is 7.24. The van der Waals surface area contributed by atoms with Crippen LogP contribution in [0, 0.1) is 0 Å². The summed E-state index contributed by atoms with van der Waals surface area (Å²) in [5.74, 6) is -0.270.